The van der Waals surface area contributed by atoms with Gasteiger partial charge in [-0.15, -0.1) is 0 Å². The first-order valence-electron chi connectivity index (χ1n) is 15.7. The van der Waals surface area contributed by atoms with Crippen LogP contribution in [0.25, 0.3) is 10.8 Å². The molecule has 4 aromatic carbocycles. The van der Waals surface area contributed by atoms with Gasteiger partial charge < -0.3 is 33.3 Å². The van der Waals surface area contributed by atoms with E-state index in [4.69, 9.17) is 38.2 Å². The van der Waals surface area contributed by atoms with Crippen LogP contribution in [0.1, 0.15) is 43.0 Å². The smallest absolute Gasteiger partial charge is 0.343 e. The van der Waals surface area contributed by atoms with Crippen molar-refractivity contribution in [1.82, 2.24) is 0 Å². The maximum Gasteiger partial charge on any atom is 0.343 e. The van der Waals surface area contributed by atoms with Gasteiger partial charge in [-0.05, 0) is 122 Å². The minimum Gasteiger partial charge on any atom is -0.494 e. The zero-order valence-electron chi connectivity index (χ0n) is 27.0. The second-order valence-electron chi connectivity index (χ2n) is 10.3. The molecule has 4 aromatic rings. The van der Waals surface area contributed by atoms with Crippen LogP contribution in [0.3, 0.4) is 0 Å². The molecule has 0 aliphatic carbocycles. The van der Waals surface area contributed by atoms with Crippen molar-refractivity contribution in [3.8, 4) is 28.7 Å². The Morgan fingerprint density at radius 3 is 1.79 bits per heavy atom. The predicted molar refractivity (Wildman–Crippen MR) is 180 cm³/mol. The Morgan fingerprint density at radius 2 is 1.15 bits per heavy atom. The zero-order valence-corrected chi connectivity index (χ0v) is 27.0. The zero-order chi connectivity index (χ0) is 33.8. The highest BCUT2D eigenvalue weighted by molar-refractivity contribution is 5.92. The summed E-state index contributed by atoms with van der Waals surface area (Å²) < 4.78 is 33.5. The molecule has 10 heteroatoms. The van der Waals surface area contributed by atoms with Gasteiger partial charge >= 0.3 is 11.9 Å². The molecular formula is C38H40O10. The molecule has 0 heterocycles. The molecular weight excluding hydrogens is 616 g/mol. The van der Waals surface area contributed by atoms with E-state index in [1.54, 1.807) is 42.5 Å². The van der Waals surface area contributed by atoms with Crippen LogP contribution in [-0.4, -0.2) is 45.2 Å². The number of esters is 2. The SMILES string of the molecule is C=CC(=O)OCCCCOc1ccc(C(=O)Oc2ccc3cc(OCOc4ccc(OCCCCOO/C=C/C)cc4)ccc3c2)cc1. The Morgan fingerprint density at radius 1 is 0.625 bits per heavy atom. The molecule has 0 aromatic heterocycles. The molecule has 0 amide bonds. The fraction of sp³-hybridized carbons (Fsp3) is 0.263. The van der Waals surface area contributed by atoms with E-state index in [0.29, 0.717) is 61.4 Å². The molecule has 0 saturated heterocycles. The van der Waals surface area contributed by atoms with E-state index in [2.05, 4.69) is 6.58 Å². The fourth-order valence-electron chi connectivity index (χ4n) is 4.23. The van der Waals surface area contributed by atoms with Crippen molar-refractivity contribution in [2.24, 2.45) is 0 Å². The lowest BCUT2D eigenvalue weighted by Gasteiger charge is -2.11. The first-order chi connectivity index (χ1) is 23.5. The van der Waals surface area contributed by atoms with Crippen LogP contribution in [0, 0.1) is 0 Å². The molecule has 0 unspecified atom stereocenters. The van der Waals surface area contributed by atoms with Crippen LogP contribution in [0.5, 0.6) is 28.7 Å². The lowest BCUT2D eigenvalue weighted by Crippen LogP contribution is -2.08. The number of allylic oxidation sites excluding steroid dienone is 1. The number of fused-ring (bicyclic) bond motifs is 1. The topological polar surface area (TPSA) is 108 Å². The van der Waals surface area contributed by atoms with Crippen molar-refractivity contribution in [2.75, 3.05) is 33.2 Å². The quantitative estimate of drug-likeness (QED) is 0.0128. The molecule has 252 valence electrons. The van der Waals surface area contributed by atoms with E-state index in [1.807, 2.05) is 55.5 Å². The highest BCUT2D eigenvalue weighted by Crippen LogP contribution is 2.26. The number of carbonyl (C=O) groups excluding carboxylic acids is 2. The van der Waals surface area contributed by atoms with E-state index >= 15 is 0 Å². The summed E-state index contributed by atoms with van der Waals surface area (Å²) >= 11 is 0. The first kappa shape index (κ1) is 35.4. The largest absolute Gasteiger partial charge is 0.494 e. The molecule has 48 heavy (non-hydrogen) atoms. The van der Waals surface area contributed by atoms with Gasteiger partial charge in [-0.2, -0.15) is 4.89 Å². The van der Waals surface area contributed by atoms with Gasteiger partial charge in [0.1, 0.15) is 35.0 Å². The maximum atomic E-state index is 12.7. The third-order valence-electron chi connectivity index (χ3n) is 6.73. The third kappa shape index (κ3) is 12.4. The van der Waals surface area contributed by atoms with Crippen molar-refractivity contribution >= 4 is 22.7 Å². The van der Waals surface area contributed by atoms with E-state index in [0.717, 1.165) is 41.9 Å². The Balaban J connectivity index is 1.15. The molecule has 0 bridgehead atoms. The molecule has 0 saturated carbocycles. The van der Waals surface area contributed by atoms with Crippen LogP contribution in [0.2, 0.25) is 0 Å². The van der Waals surface area contributed by atoms with E-state index < -0.39 is 11.9 Å². The monoisotopic (exact) mass is 656 g/mol. The standard InChI is InChI=1S/C38H40O10/c1-3-21-46-47-25-8-7-23-42-33-17-19-34(20-18-33)44-28-45-35-15-11-31-27-36(16-12-30(31)26-35)48-38(40)29-9-13-32(14-10-29)41-22-5-6-24-43-37(39)4-2/h3-4,9-21,26-27H,2,5-8,22-25,28H2,1H3/b21-3+. The molecule has 0 N–H and O–H groups in total. The summed E-state index contributed by atoms with van der Waals surface area (Å²) in [6, 6.07) is 25.1. The summed E-state index contributed by atoms with van der Waals surface area (Å²) in [7, 11) is 0. The molecule has 0 aliphatic rings. The summed E-state index contributed by atoms with van der Waals surface area (Å²) in [5, 5.41) is 1.81. The maximum absolute atomic E-state index is 12.7. The average Bonchev–Trinajstić information content (AvgIpc) is 3.11. The summed E-state index contributed by atoms with van der Waals surface area (Å²) in [4.78, 5) is 33.6. The number of hydrogen-bond donors (Lipinski definition) is 0. The summed E-state index contributed by atoms with van der Waals surface area (Å²) in [6.45, 7) is 7.11. The normalized spacial score (nSPS) is 10.8. The molecule has 0 atom stereocenters. The van der Waals surface area contributed by atoms with Gasteiger partial charge in [0.05, 0.1) is 32.0 Å². The Hall–Kier alpha value is -5.48. The van der Waals surface area contributed by atoms with Crippen molar-refractivity contribution in [1.29, 1.82) is 0 Å². The highest BCUT2D eigenvalue weighted by atomic mass is 17.2. The Bertz CT molecular complexity index is 1610. The van der Waals surface area contributed by atoms with Crippen molar-refractivity contribution in [3.63, 3.8) is 0 Å². The molecule has 4 rings (SSSR count). The number of carbonyl (C=O) groups is 2. The van der Waals surface area contributed by atoms with Crippen molar-refractivity contribution in [3.05, 3.63) is 115 Å². The second kappa shape index (κ2) is 19.9. The summed E-state index contributed by atoms with van der Waals surface area (Å²) in [6.07, 6.45) is 7.45. The first-order valence-corrected chi connectivity index (χ1v) is 15.7. The predicted octanol–water partition coefficient (Wildman–Crippen LogP) is 8.00. The van der Waals surface area contributed by atoms with Gasteiger partial charge in [0.2, 0.25) is 6.79 Å². The molecule has 0 aliphatic heterocycles. The minimum atomic E-state index is -0.474. The van der Waals surface area contributed by atoms with Crippen LogP contribution < -0.4 is 23.7 Å². The Labute approximate surface area is 280 Å². The van der Waals surface area contributed by atoms with Crippen LogP contribution >= 0.6 is 0 Å². The summed E-state index contributed by atoms with van der Waals surface area (Å²) in [5.41, 5.74) is 0.401. The lowest BCUT2D eigenvalue weighted by molar-refractivity contribution is -0.249. The molecule has 10 nitrogen and oxygen atoms in total. The minimum absolute atomic E-state index is 0.0355. The highest BCUT2D eigenvalue weighted by Gasteiger charge is 2.10. The number of benzene rings is 4. The fourth-order valence-corrected chi connectivity index (χ4v) is 4.23. The van der Waals surface area contributed by atoms with E-state index in [-0.39, 0.29) is 6.79 Å². The number of ether oxygens (including phenoxy) is 6. The van der Waals surface area contributed by atoms with Gasteiger partial charge in [0.15, 0.2) is 0 Å². The van der Waals surface area contributed by atoms with Gasteiger partial charge in [-0.1, -0.05) is 18.7 Å². The van der Waals surface area contributed by atoms with Gasteiger partial charge in [-0.25, -0.2) is 9.59 Å². The van der Waals surface area contributed by atoms with Gasteiger partial charge in [0, 0.05) is 6.08 Å². The number of rotatable bonds is 21. The van der Waals surface area contributed by atoms with Crippen LogP contribution in [0.15, 0.2) is 110 Å². The van der Waals surface area contributed by atoms with Crippen molar-refractivity contribution in [2.45, 2.75) is 32.6 Å². The molecule has 0 fully saturated rings. The molecule has 0 spiro atoms. The second-order valence-corrected chi connectivity index (χ2v) is 10.3. The van der Waals surface area contributed by atoms with Crippen LogP contribution in [0.4, 0.5) is 0 Å². The van der Waals surface area contributed by atoms with Gasteiger partial charge in [0.25, 0.3) is 0 Å². The van der Waals surface area contributed by atoms with E-state index in [9.17, 15) is 9.59 Å². The molecule has 0 radical (unpaired) electrons. The Kier molecular flexibility index (Phi) is 14.7. The van der Waals surface area contributed by atoms with Gasteiger partial charge in [-0.3, -0.25) is 0 Å². The summed E-state index contributed by atoms with van der Waals surface area (Å²) in [5.74, 6) is 2.21. The van der Waals surface area contributed by atoms with E-state index in [1.165, 1.54) is 6.26 Å². The van der Waals surface area contributed by atoms with Crippen molar-refractivity contribution < 1.29 is 47.8 Å². The van der Waals surface area contributed by atoms with Crippen LogP contribution in [-0.2, 0) is 19.3 Å². The number of hydrogen-bond acceptors (Lipinski definition) is 10. The lowest BCUT2D eigenvalue weighted by atomic mass is 10.1. The number of unbranched alkanes of at least 4 members (excludes halogenated alkanes) is 2. The average molecular weight is 657 g/mol. The third-order valence-corrected chi connectivity index (χ3v) is 6.73.